The van der Waals surface area contributed by atoms with E-state index in [0.717, 1.165) is 0 Å². The Balaban J connectivity index is 2.25. The van der Waals surface area contributed by atoms with E-state index in [2.05, 4.69) is 42.3 Å². The zero-order valence-electron chi connectivity index (χ0n) is 23.9. The third kappa shape index (κ3) is 16.8. The molecule has 0 atom stereocenters. The number of imidazole rings is 1. The van der Waals surface area contributed by atoms with Crippen LogP contribution in [0.3, 0.4) is 0 Å². The van der Waals surface area contributed by atoms with Crippen LogP contribution in [-0.4, -0.2) is 4.57 Å². The highest BCUT2D eigenvalue weighted by atomic mass is 15.1. The van der Waals surface area contributed by atoms with Crippen molar-refractivity contribution in [2.75, 3.05) is 0 Å². The highest BCUT2D eigenvalue weighted by molar-refractivity contribution is 4.84. The van der Waals surface area contributed by atoms with E-state index in [0.29, 0.717) is 0 Å². The molecule has 34 heavy (non-hydrogen) atoms. The van der Waals surface area contributed by atoms with Crippen molar-refractivity contribution < 1.29 is 4.57 Å². The van der Waals surface area contributed by atoms with E-state index in [1.807, 2.05) is 0 Å². The van der Waals surface area contributed by atoms with E-state index in [1.54, 1.807) is 5.82 Å². The molecule has 1 heterocycles. The van der Waals surface area contributed by atoms with Crippen molar-refractivity contribution >= 4 is 0 Å². The summed E-state index contributed by atoms with van der Waals surface area (Å²) in [6.07, 6.45) is 38.5. The summed E-state index contributed by atoms with van der Waals surface area (Å²) in [5.41, 5.74) is 0. The van der Waals surface area contributed by atoms with Gasteiger partial charge in [-0.2, -0.15) is 0 Å². The minimum Gasteiger partial charge on any atom is -0.234 e. The molecule has 0 bridgehead atoms. The van der Waals surface area contributed by atoms with E-state index in [9.17, 15) is 0 Å². The maximum absolute atomic E-state index is 2.60. The van der Waals surface area contributed by atoms with Gasteiger partial charge in [-0.15, -0.1) is 0 Å². The summed E-state index contributed by atoms with van der Waals surface area (Å²) >= 11 is 0. The van der Waals surface area contributed by atoms with Crippen molar-refractivity contribution in [2.24, 2.45) is 0 Å². The van der Waals surface area contributed by atoms with Gasteiger partial charge in [-0.25, -0.2) is 9.13 Å². The van der Waals surface area contributed by atoms with Gasteiger partial charge in [-0.05, 0) is 32.1 Å². The smallest absolute Gasteiger partial charge is 0.234 e. The summed E-state index contributed by atoms with van der Waals surface area (Å²) in [6, 6.07) is 0. The van der Waals surface area contributed by atoms with Crippen LogP contribution >= 0.6 is 0 Å². The van der Waals surface area contributed by atoms with Gasteiger partial charge in [0.1, 0.15) is 12.4 Å². The van der Waals surface area contributed by atoms with Crippen LogP contribution in [0.4, 0.5) is 0 Å². The molecule has 0 unspecified atom stereocenters. The Kier molecular flexibility index (Phi) is 22.0. The first-order chi connectivity index (χ1) is 16.8. The molecule has 1 aromatic heterocycles. The van der Waals surface area contributed by atoms with Crippen molar-refractivity contribution in [3.8, 4) is 0 Å². The van der Waals surface area contributed by atoms with Crippen LogP contribution in [0.25, 0.3) is 0 Å². The number of aromatic nitrogens is 2. The predicted octanol–water partition coefficient (Wildman–Crippen LogP) is 10.4. The minimum absolute atomic E-state index is 1.22. The fraction of sp³-hybridized carbons (Fsp3) is 0.906. The standard InChI is InChI=1S/C32H63N2/c1-4-7-10-13-14-15-16-17-18-19-20-21-24-27-32-33(28-25-22-11-8-5-2)30-31-34(32)29-26-23-12-9-6-3/h30-31H,4-29H2,1-3H3/q+1. The molecule has 2 heteroatoms. The molecule has 200 valence electrons. The number of hydrogen-bond acceptors (Lipinski definition) is 0. The Labute approximate surface area is 215 Å². The van der Waals surface area contributed by atoms with Crippen molar-refractivity contribution in [3.63, 3.8) is 0 Å². The van der Waals surface area contributed by atoms with E-state index in [-0.39, 0.29) is 0 Å². The molecule has 0 radical (unpaired) electrons. The second-order valence-electron chi connectivity index (χ2n) is 10.9. The van der Waals surface area contributed by atoms with Crippen molar-refractivity contribution in [1.29, 1.82) is 0 Å². The topological polar surface area (TPSA) is 8.81 Å². The van der Waals surface area contributed by atoms with E-state index in [1.165, 1.54) is 167 Å². The summed E-state index contributed by atoms with van der Waals surface area (Å²) in [5, 5.41) is 0. The average molecular weight is 476 g/mol. The Morgan fingerprint density at radius 3 is 1.41 bits per heavy atom. The third-order valence-electron chi connectivity index (χ3n) is 7.60. The van der Waals surface area contributed by atoms with Gasteiger partial charge in [0, 0.05) is 6.42 Å². The van der Waals surface area contributed by atoms with Crippen LogP contribution < -0.4 is 4.57 Å². The quantitative estimate of drug-likeness (QED) is 0.0930. The first kappa shape index (κ1) is 31.2. The number of unbranched alkanes of at least 4 members (excludes halogenated alkanes) is 20. The van der Waals surface area contributed by atoms with Crippen molar-refractivity contribution in [1.82, 2.24) is 4.57 Å². The van der Waals surface area contributed by atoms with Gasteiger partial charge in [0.15, 0.2) is 0 Å². The Bertz CT molecular complexity index is 502. The number of nitrogens with zero attached hydrogens (tertiary/aromatic N) is 2. The Morgan fingerprint density at radius 1 is 0.500 bits per heavy atom. The molecule has 0 saturated carbocycles. The highest BCUT2D eigenvalue weighted by Crippen LogP contribution is 2.14. The van der Waals surface area contributed by atoms with Crippen molar-refractivity contribution in [2.45, 2.75) is 188 Å². The Morgan fingerprint density at radius 2 is 0.912 bits per heavy atom. The third-order valence-corrected chi connectivity index (χ3v) is 7.60. The molecular weight excluding hydrogens is 412 g/mol. The number of hydrogen-bond donors (Lipinski definition) is 0. The zero-order chi connectivity index (χ0) is 24.5. The normalized spacial score (nSPS) is 11.5. The highest BCUT2D eigenvalue weighted by Gasteiger charge is 2.16. The number of rotatable bonds is 26. The predicted molar refractivity (Wildman–Crippen MR) is 152 cm³/mol. The van der Waals surface area contributed by atoms with E-state index >= 15 is 0 Å². The minimum atomic E-state index is 1.22. The first-order valence-corrected chi connectivity index (χ1v) is 15.9. The zero-order valence-corrected chi connectivity index (χ0v) is 23.9. The van der Waals surface area contributed by atoms with Gasteiger partial charge in [0.2, 0.25) is 0 Å². The van der Waals surface area contributed by atoms with E-state index < -0.39 is 0 Å². The lowest BCUT2D eigenvalue weighted by molar-refractivity contribution is -0.704. The maximum Gasteiger partial charge on any atom is 0.256 e. The van der Waals surface area contributed by atoms with Crippen LogP contribution in [-0.2, 0) is 19.5 Å². The van der Waals surface area contributed by atoms with Gasteiger partial charge in [0.05, 0.1) is 13.1 Å². The molecule has 0 aliphatic rings. The fourth-order valence-corrected chi connectivity index (χ4v) is 5.26. The molecule has 0 spiro atoms. The molecular formula is C32H63N2+. The molecule has 0 fully saturated rings. The maximum atomic E-state index is 2.60. The lowest BCUT2D eigenvalue weighted by atomic mass is 10.0. The monoisotopic (exact) mass is 475 g/mol. The lowest BCUT2D eigenvalue weighted by Gasteiger charge is -2.07. The molecule has 0 saturated heterocycles. The van der Waals surface area contributed by atoms with E-state index in [4.69, 9.17) is 0 Å². The number of aryl methyl sites for hydroxylation is 2. The summed E-state index contributed by atoms with van der Waals surface area (Å²) in [6.45, 7) is 9.37. The molecule has 2 nitrogen and oxygen atoms in total. The summed E-state index contributed by atoms with van der Waals surface area (Å²) < 4.78 is 5.19. The van der Waals surface area contributed by atoms with Crippen LogP contribution in [0, 0.1) is 0 Å². The van der Waals surface area contributed by atoms with Crippen LogP contribution in [0.1, 0.15) is 174 Å². The second-order valence-corrected chi connectivity index (χ2v) is 10.9. The van der Waals surface area contributed by atoms with Crippen LogP contribution in [0.5, 0.6) is 0 Å². The molecule has 0 aliphatic heterocycles. The molecule has 0 N–H and O–H groups in total. The lowest BCUT2D eigenvalue weighted by Crippen LogP contribution is -2.37. The second kappa shape index (κ2) is 23.9. The van der Waals surface area contributed by atoms with Gasteiger partial charge in [0.25, 0.3) is 5.82 Å². The molecule has 1 rings (SSSR count). The molecule has 0 amide bonds. The van der Waals surface area contributed by atoms with Gasteiger partial charge in [-0.3, -0.25) is 0 Å². The summed E-state index contributed by atoms with van der Waals surface area (Å²) in [4.78, 5) is 0. The van der Waals surface area contributed by atoms with Crippen molar-refractivity contribution in [3.05, 3.63) is 18.2 Å². The SMILES string of the molecule is CCCCCCCCCCCCCCCc1n(CCCCCCC)cc[n+]1CCCCCCC. The molecule has 0 aromatic carbocycles. The molecule has 1 aromatic rings. The molecule has 0 aliphatic carbocycles. The first-order valence-electron chi connectivity index (χ1n) is 15.9. The van der Waals surface area contributed by atoms with Gasteiger partial charge < -0.3 is 0 Å². The van der Waals surface area contributed by atoms with Crippen LogP contribution in [0.15, 0.2) is 12.4 Å². The Hall–Kier alpha value is -0.790. The summed E-state index contributed by atoms with van der Waals surface area (Å²) in [5.74, 6) is 1.61. The average Bonchev–Trinajstić information content (AvgIpc) is 3.23. The summed E-state index contributed by atoms with van der Waals surface area (Å²) in [7, 11) is 0. The van der Waals surface area contributed by atoms with Crippen LogP contribution in [0.2, 0.25) is 0 Å². The largest absolute Gasteiger partial charge is 0.256 e. The van der Waals surface area contributed by atoms with Gasteiger partial charge in [-0.1, -0.05) is 136 Å². The van der Waals surface area contributed by atoms with Gasteiger partial charge >= 0.3 is 0 Å². The fourth-order valence-electron chi connectivity index (χ4n) is 5.26.